The largest absolute Gasteiger partial charge is 0.465 e. The van der Waals surface area contributed by atoms with Crippen LogP contribution in [0.5, 0.6) is 0 Å². The summed E-state index contributed by atoms with van der Waals surface area (Å²) in [4.78, 5) is 23.4. The molecule has 0 bridgehead atoms. The second-order valence-electron chi connectivity index (χ2n) is 2.59. The molecule has 0 aliphatic carbocycles. The van der Waals surface area contributed by atoms with Crippen molar-refractivity contribution in [2.24, 2.45) is 0 Å². The number of carbonyl (C=O) groups excluding carboxylic acids is 2. The molecule has 76 valence electrons. The maximum atomic E-state index is 11.1. The molecule has 0 aromatic heterocycles. The third kappa shape index (κ3) is 5.19. The smallest absolute Gasteiger partial charge is 0.325 e. The van der Waals surface area contributed by atoms with Crippen LogP contribution in [-0.4, -0.2) is 50.6 Å². The predicted octanol–water partition coefficient (Wildman–Crippen LogP) is -0.773. The van der Waals surface area contributed by atoms with E-state index in [2.05, 4.69) is 10.1 Å². The van der Waals surface area contributed by atoms with Crippen LogP contribution >= 0.6 is 0 Å². The normalized spacial score (nSPS) is 9.46. The summed E-state index contributed by atoms with van der Waals surface area (Å²) in [5, 5.41) is 2.71. The van der Waals surface area contributed by atoms with Gasteiger partial charge in [0.15, 0.2) is 0 Å². The van der Waals surface area contributed by atoms with Crippen LogP contribution in [0.4, 0.5) is 0 Å². The number of ether oxygens (including phenoxy) is 1. The highest BCUT2D eigenvalue weighted by atomic mass is 16.5. The molecule has 0 saturated carbocycles. The lowest BCUT2D eigenvalue weighted by atomic mass is 10.5. The molecule has 0 atom stereocenters. The highest BCUT2D eigenvalue weighted by Gasteiger charge is 2.11. The predicted molar refractivity (Wildman–Crippen MR) is 48.2 cm³/mol. The molecule has 0 aromatic rings. The first kappa shape index (κ1) is 11.9. The third-order valence-corrected chi connectivity index (χ3v) is 1.43. The van der Waals surface area contributed by atoms with Gasteiger partial charge in [-0.1, -0.05) is 0 Å². The molecule has 0 unspecified atom stereocenters. The van der Waals surface area contributed by atoms with Crippen molar-refractivity contribution >= 4 is 11.9 Å². The Balaban J connectivity index is 3.78. The monoisotopic (exact) mass is 188 g/mol. The molecule has 0 heterocycles. The molecule has 13 heavy (non-hydrogen) atoms. The van der Waals surface area contributed by atoms with E-state index in [1.165, 1.54) is 4.90 Å². The van der Waals surface area contributed by atoms with Gasteiger partial charge in [-0.2, -0.15) is 0 Å². The van der Waals surface area contributed by atoms with Gasteiger partial charge in [0.05, 0.1) is 13.2 Å². The Kier molecular flexibility index (Phi) is 5.88. The highest BCUT2D eigenvalue weighted by Crippen LogP contribution is 1.86. The van der Waals surface area contributed by atoms with Gasteiger partial charge < -0.3 is 15.0 Å². The van der Waals surface area contributed by atoms with E-state index < -0.39 is 0 Å². The molecule has 0 fully saturated rings. The summed E-state index contributed by atoms with van der Waals surface area (Å²) in [6.07, 6.45) is 0. The lowest BCUT2D eigenvalue weighted by molar-refractivity contribution is -0.147. The number of hydrogen-bond acceptors (Lipinski definition) is 4. The number of likely N-dealkylation sites (N-methyl/N-ethyl adjacent to an activating group) is 2. The molecule has 0 aliphatic heterocycles. The fourth-order valence-electron chi connectivity index (χ4n) is 0.775. The van der Waals surface area contributed by atoms with Crippen molar-refractivity contribution in [2.75, 3.05) is 33.8 Å². The number of rotatable bonds is 5. The number of amides is 1. The number of esters is 1. The van der Waals surface area contributed by atoms with Gasteiger partial charge >= 0.3 is 5.97 Å². The van der Waals surface area contributed by atoms with Crippen molar-refractivity contribution in [3.05, 3.63) is 0 Å². The van der Waals surface area contributed by atoms with E-state index in [0.717, 1.165) is 0 Å². The fraction of sp³-hybridized carbons (Fsp3) is 0.750. The van der Waals surface area contributed by atoms with Crippen LogP contribution in [0.15, 0.2) is 0 Å². The first-order valence-electron chi connectivity index (χ1n) is 4.16. The van der Waals surface area contributed by atoms with E-state index in [1.807, 2.05) is 0 Å². The zero-order chi connectivity index (χ0) is 10.3. The molecular formula is C8H16N2O3. The number of hydrogen-bond donors (Lipinski definition) is 1. The second kappa shape index (κ2) is 6.42. The van der Waals surface area contributed by atoms with Crippen LogP contribution in [0.2, 0.25) is 0 Å². The standard InChI is InChI=1S/C8H16N2O3/c1-4-13-8(12)6-10(3)7(11)5-9-2/h9H,4-6H2,1-3H3. The van der Waals surface area contributed by atoms with Gasteiger partial charge in [-0.05, 0) is 14.0 Å². The molecule has 0 spiro atoms. The van der Waals surface area contributed by atoms with Crippen LogP contribution in [0.25, 0.3) is 0 Å². The van der Waals surface area contributed by atoms with Crippen molar-refractivity contribution in [3.8, 4) is 0 Å². The first-order chi connectivity index (χ1) is 6.11. The summed E-state index contributed by atoms with van der Waals surface area (Å²) < 4.78 is 4.69. The third-order valence-electron chi connectivity index (χ3n) is 1.43. The van der Waals surface area contributed by atoms with E-state index in [9.17, 15) is 9.59 Å². The van der Waals surface area contributed by atoms with Gasteiger partial charge in [0.2, 0.25) is 5.91 Å². The summed E-state index contributed by atoms with van der Waals surface area (Å²) in [5.74, 6) is -0.509. The summed E-state index contributed by atoms with van der Waals surface area (Å²) in [7, 11) is 3.24. The van der Waals surface area contributed by atoms with Crippen LogP contribution < -0.4 is 5.32 Å². The van der Waals surface area contributed by atoms with Crippen molar-refractivity contribution in [2.45, 2.75) is 6.92 Å². The first-order valence-corrected chi connectivity index (χ1v) is 4.16. The maximum absolute atomic E-state index is 11.1. The van der Waals surface area contributed by atoms with Crippen molar-refractivity contribution in [1.29, 1.82) is 0 Å². The SMILES string of the molecule is CCOC(=O)CN(C)C(=O)CNC. The zero-order valence-corrected chi connectivity index (χ0v) is 8.29. The van der Waals surface area contributed by atoms with Gasteiger partial charge in [0.1, 0.15) is 6.54 Å². The molecule has 5 nitrogen and oxygen atoms in total. The van der Waals surface area contributed by atoms with E-state index in [0.29, 0.717) is 6.61 Å². The van der Waals surface area contributed by atoms with Gasteiger partial charge in [-0.25, -0.2) is 0 Å². The number of nitrogens with zero attached hydrogens (tertiary/aromatic N) is 1. The Morgan fingerprint density at radius 2 is 2.08 bits per heavy atom. The van der Waals surface area contributed by atoms with Crippen LogP contribution in [-0.2, 0) is 14.3 Å². The van der Waals surface area contributed by atoms with E-state index >= 15 is 0 Å². The lowest BCUT2D eigenvalue weighted by Crippen LogP contribution is -2.38. The van der Waals surface area contributed by atoms with E-state index in [-0.39, 0.29) is 25.0 Å². The van der Waals surface area contributed by atoms with Gasteiger partial charge in [0.25, 0.3) is 0 Å². The Labute approximate surface area is 78.0 Å². The quantitative estimate of drug-likeness (QED) is 0.575. The van der Waals surface area contributed by atoms with Crippen LogP contribution in [0, 0.1) is 0 Å². The molecule has 1 amide bonds. The summed E-state index contributed by atoms with van der Waals surface area (Å²) >= 11 is 0. The van der Waals surface area contributed by atoms with Gasteiger partial charge in [-0.15, -0.1) is 0 Å². The maximum Gasteiger partial charge on any atom is 0.325 e. The van der Waals surface area contributed by atoms with Crippen molar-refractivity contribution in [1.82, 2.24) is 10.2 Å². The van der Waals surface area contributed by atoms with E-state index in [1.54, 1.807) is 21.0 Å². The Hall–Kier alpha value is -1.10. The molecule has 0 aliphatic rings. The number of carbonyl (C=O) groups is 2. The molecule has 5 heteroatoms. The van der Waals surface area contributed by atoms with Crippen LogP contribution in [0.1, 0.15) is 6.92 Å². The van der Waals surface area contributed by atoms with E-state index in [4.69, 9.17) is 0 Å². The molecule has 0 saturated heterocycles. The Morgan fingerprint density at radius 3 is 2.54 bits per heavy atom. The fourth-order valence-corrected chi connectivity index (χ4v) is 0.775. The summed E-state index contributed by atoms with van der Waals surface area (Å²) in [6, 6.07) is 0. The molecule has 0 rings (SSSR count). The number of nitrogens with one attached hydrogen (secondary N) is 1. The topological polar surface area (TPSA) is 58.6 Å². The second-order valence-corrected chi connectivity index (χ2v) is 2.59. The van der Waals surface area contributed by atoms with Gasteiger partial charge in [0, 0.05) is 7.05 Å². The van der Waals surface area contributed by atoms with Crippen molar-refractivity contribution < 1.29 is 14.3 Å². The average molecular weight is 188 g/mol. The minimum absolute atomic E-state index is 0.00829. The zero-order valence-electron chi connectivity index (χ0n) is 8.29. The molecular weight excluding hydrogens is 172 g/mol. The molecule has 0 aromatic carbocycles. The minimum Gasteiger partial charge on any atom is -0.465 e. The minimum atomic E-state index is -0.380. The van der Waals surface area contributed by atoms with Crippen molar-refractivity contribution in [3.63, 3.8) is 0 Å². The molecule has 1 N–H and O–H groups in total. The molecule has 0 radical (unpaired) electrons. The van der Waals surface area contributed by atoms with Crippen LogP contribution in [0.3, 0.4) is 0 Å². The highest BCUT2D eigenvalue weighted by molar-refractivity contribution is 5.83. The average Bonchev–Trinajstić information content (AvgIpc) is 2.05. The Morgan fingerprint density at radius 1 is 1.46 bits per heavy atom. The Bertz CT molecular complexity index is 182. The summed E-state index contributed by atoms with van der Waals surface area (Å²) in [6.45, 7) is 2.31. The lowest BCUT2D eigenvalue weighted by Gasteiger charge is -2.15. The summed E-state index contributed by atoms with van der Waals surface area (Å²) in [5.41, 5.74) is 0. The van der Waals surface area contributed by atoms with Gasteiger partial charge in [-0.3, -0.25) is 9.59 Å².